The molecule has 1 N–H and O–H groups in total. The van der Waals surface area contributed by atoms with E-state index in [2.05, 4.69) is 23.2 Å². The summed E-state index contributed by atoms with van der Waals surface area (Å²) in [7, 11) is 0. The molecule has 2 heterocycles. The first-order valence-corrected chi connectivity index (χ1v) is 8.69. The van der Waals surface area contributed by atoms with E-state index in [4.69, 9.17) is 0 Å². The van der Waals surface area contributed by atoms with Crippen LogP contribution in [0.4, 0.5) is 0 Å². The lowest BCUT2D eigenvalue weighted by Gasteiger charge is -2.20. The van der Waals surface area contributed by atoms with E-state index in [0.29, 0.717) is 6.04 Å². The molecule has 0 spiro atoms. The molecule has 0 aromatic carbocycles. The molecule has 1 aromatic rings. The Morgan fingerprint density at radius 3 is 2.79 bits per heavy atom. The molecular weight excluding hydrogens is 252 g/mol. The van der Waals surface area contributed by atoms with E-state index in [-0.39, 0.29) is 0 Å². The van der Waals surface area contributed by atoms with Gasteiger partial charge in [0.1, 0.15) is 0 Å². The molecule has 3 heteroatoms. The van der Waals surface area contributed by atoms with Gasteiger partial charge in [0.2, 0.25) is 0 Å². The highest BCUT2D eigenvalue weighted by Crippen LogP contribution is 2.29. The Kier molecular flexibility index (Phi) is 4.57. The zero-order valence-corrected chi connectivity index (χ0v) is 12.9. The topological polar surface area (TPSA) is 15.3 Å². The van der Waals surface area contributed by atoms with Crippen LogP contribution in [0.1, 0.15) is 47.9 Å². The van der Waals surface area contributed by atoms with Gasteiger partial charge in [-0.1, -0.05) is 0 Å². The van der Waals surface area contributed by atoms with Crippen LogP contribution in [-0.2, 0) is 19.4 Å². The maximum absolute atomic E-state index is 3.70. The number of aryl methyl sites for hydroxylation is 2. The van der Waals surface area contributed by atoms with E-state index in [1.807, 2.05) is 11.3 Å². The fourth-order valence-corrected chi connectivity index (χ4v) is 4.54. The van der Waals surface area contributed by atoms with Crippen molar-refractivity contribution in [1.29, 1.82) is 0 Å². The standard InChI is InChI=1S/C16H26N2S/c1-13(12-18-8-4-5-9-18)17-11-15-10-14-6-2-3-7-16(14)19-15/h10,13,17H,2-9,11-12H2,1H3. The van der Waals surface area contributed by atoms with Gasteiger partial charge in [0.05, 0.1) is 0 Å². The maximum Gasteiger partial charge on any atom is 0.0302 e. The molecule has 0 bridgehead atoms. The molecule has 1 fully saturated rings. The van der Waals surface area contributed by atoms with Crippen LogP contribution in [-0.4, -0.2) is 30.6 Å². The predicted octanol–water partition coefficient (Wildman–Crippen LogP) is 3.20. The number of likely N-dealkylation sites (tertiary alicyclic amines) is 1. The second kappa shape index (κ2) is 6.38. The van der Waals surface area contributed by atoms with Crippen molar-refractivity contribution in [3.05, 3.63) is 21.4 Å². The van der Waals surface area contributed by atoms with Crippen LogP contribution in [0.15, 0.2) is 6.07 Å². The molecular formula is C16H26N2S. The third kappa shape index (κ3) is 3.59. The van der Waals surface area contributed by atoms with Gasteiger partial charge in [-0.2, -0.15) is 0 Å². The molecule has 3 rings (SSSR count). The SMILES string of the molecule is CC(CN1CCCC1)NCc1cc2c(s1)CCCC2. The normalized spacial score (nSPS) is 21.5. The number of hydrogen-bond acceptors (Lipinski definition) is 3. The van der Waals surface area contributed by atoms with Crippen molar-refractivity contribution in [2.45, 2.75) is 58.0 Å². The lowest BCUT2D eigenvalue weighted by Crippen LogP contribution is -2.37. The van der Waals surface area contributed by atoms with E-state index < -0.39 is 0 Å². The van der Waals surface area contributed by atoms with Gasteiger partial charge in [-0.15, -0.1) is 11.3 Å². The first-order chi connectivity index (χ1) is 9.31. The zero-order valence-electron chi connectivity index (χ0n) is 12.1. The minimum atomic E-state index is 0.609. The number of hydrogen-bond donors (Lipinski definition) is 1. The molecule has 1 saturated heterocycles. The first-order valence-electron chi connectivity index (χ1n) is 7.87. The van der Waals surface area contributed by atoms with Crippen LogP contribution in [0.25, 0.3) is 0 Å². The number of nitrogens with zero attached hydrogens (tertiary/aromatic N) is 1. The highest BCUT2D eigenvalue weighted by molar-refractivity contribution is 7.12. The smallest absolute Gasteiger partial charge is 0.0302 e. The molecule has 19 heavy (non-hydrogen) atoms. The minimum Gasteiger partial charge on any atom is -0.308 e. The van der Waals surface area contributed by atoms with Crippen LogP contribution >= 0.6 is 11.3 Å². The monoisotopic (exact) mass is 278 g/mol. The largest absolute Gasteiger partial charge is 0.308 e. The summed E-state index contributed by atoms with van der Waals surface area (Å²) in [5.41, 5.74) is 1.64. The van der Waals surface area contributed by atoms with Crippen LogP contribution in [0.3, 0.4) is 0 Å². The molecule has 1 aromatic heterocycles. The third-order valence-electron chi connectivity index (χ3n) is 4.40. The number of thiophene rings is 1. The summed E-state index contributed by atoms with van der Waals surface area (Å²) < 4.78 is 0. The Balaban J connectivity index is 1.47. The summed E-state index contributed by atoms with van der Waals surface area (Å²) in [5, 5.41) is 3.70. The summed E-state index contributed by atoms with van der Waals surface area (Å²) in [5.74, 6) is 0. The number of fused-ring (bicyclic) bond motifs is 1. The van der Waals surface area contributed by atoms with Gasteiger partial charge in [0, 0.05) is 28.9 Å². The van der Waals surface area contributed by atoms with E-state index in [1.54, 1.807) is 15.3 Å². The van der Waals surface area contributed by atoms with Crippen molar-refractivity contribution < 1.29 is 0 Å². The Hall–Kier alpha value is -0.380. The second-order valence-electron chi connectivity index (χ2n) is 6.16. The number of rotatable bonds is 5. The summed E-state index contributed by atoms with van der Waals surface area (Å²) in [6, 6.07) is 3.06. The Bertz CT molecular complexity index is 383. The lowest BCUT2D eigenvalue weighted by atomic mass is 9.99. The van der Waals surface area contributed by atoms with Gasteiger partial charge in [0.25, 0.3) is 0 Å². The van der Waals surface area contributed by atoms with Crippen LogP contribution in [0, 0.1) is 0 Å². The fraction of sp³-hybridized carbons (Fsp3) is 0.750. The maximum atomic E-state index is 3.70. The fourth-order valence-electron chi connectivity index (χ4n) is 3.33. The Morgan fingerprint density at radius 1 is 1.21 bits per heavy atom. The average molecular weight is 278 g/mol. The van der Waals surface area contributed by atoms with Gasteiger partial charge in [0.15, 0.2) is 0 Å². The average Bonchev–Trinajstić information content (AvgIpc) is 3.04. The molecule has 1 aliphatic heterocycles. The van der Waals surface area contributed by atoms with Crippen LogP contribution in [0.2, 0.25) is 0 Å². The van der Waals surface area contributed by atoms with E-state index in [1.165, 1.54) is 58.2 Å². The van der Waals surface area contributed by atoms with Gasteiger partial charge >= 0.3 is 0 Å². The Morgan fingerprint density at radius 2 is 2.00 bits per heavy atom. The Labute approximate surface area is 121 Å². The first kappa shape index (κ1) is 13.6. The lowest BCUT2D eigenvalue weighted by molar-refractivity contribution is 0.298. The van der Waals surface area contributed by atoms with Gasteiger partial charge in [-0.3, -0.25) is 0 Å². The summed E-state index contributed by atoms with van der Waals surface area (Å²) in [4.78, 5) is 5.80. The quantitative estimate of drug-likeness (QED) is 0.890. The van der Waals surface area contributed by atoms with Gasteiger partial charge in [-0.05, 0) is 70.2 Å². The molecule has 1 unspecified atom stereocenters. The van der Waals surface area contributed by atoms with Gasteiger partial charge < -0.3 is 10.2 Å². The summed E-state index contributed by atoms with van der Waals surface area (Å²) >= 11 is 2.04. The number of nitrogens with one attached hydrogen (secondary N) is 1. The van der Waals surface area contributed by atoms with E-state index in [0.717, 1.165) is 6.54 Å². The van der Waals surface area contributed by atoms with Crippen molar-refractivity contribution in [3.8, 4) is 0 Å². The highest BCUT2D eigenvalue weighted by atomic mass is 32.1. The summed E-state index contributed by atoms with van der Waals surface area (Å²) in [6.45, 7) is 7.21. The minimum absolute atomic E-state index is 0.609. The second-order valence-corrected chi connectivity index (χ2v) is 7.38. The van der Waals surface area contributed by atoms with Crippen LogP contribution in [0.5, 0.6) is 0 Å². The third-order valence-corrected chi connectivity index (χ3v) is 5.64. The van der Waals surface area contributed by atoms with Crippen molar-refractivity contribution in [3.63, 3.8) is 0 Å². The van der Waals surface area contributed by atoms with Crippen molar-refractivity contribution in [1.82, 2.24) is 10.2 Å². The molecule has 0 amide bonds. The van der Waals surface area contributed by atoms with E-state index >= 15 is 0 Å². The van der Waals surface area contributed by atoms with Crippen molar-refractivity contribution in [2.24, 2.45) is 0 Å². The molecule has 1 atom stereocenters. The molecule has 0 radical (unpaired) electrons. The zero-order chi connectivity index (χ0) is 13.1. The van der Waals surface area contributed by atoms with Crippen molar-refractivity contribution >= 4 is 11.3 Å². The summed E-state index contributed by atoms with van der Waals surface area (Å²) in [6.07, 6.45) is 8.21. The molecule has 1 aliphatic carbocycles. The molecule has 2 nitrogen and oxygen atoms in total. The highest BCUT2D eigenvalue weighted by Gasteiger charge is 2.16. The van der Waals surface area contributed by atoms with Crippen molar-refractivity contribution in [2.75, 3.05) is 19.6 Å². The van der Waals surface area contributed by atoms with E-state index in [9.17, 15) is 0 Å². The molecule has 0 saturated carbocycles. The van der Waals surface area contributed by atoms with Crippen LogP contribution < -0.4 is 5.32 Å². The molecule has 2 aliphatic rings. The van der Waals surface area contributed by atoms with Gasteiger partial charge in [-0.25, -0.2) is 0 Å². The molecule has 106 valence electrons. The predicted molar refractivity (Wildman–Crippen MR) is 82.9 cm³/mol.